The van der Waals surface area contributed by atoms with E-state index in [0.29, 0.717) is 19.5 Å². The second-order valence-corrected chi connectivity index (χ2v) is 7.99. The maximum absolute atomic E-state index is 13.2. The summed E-state index contributed by atoms with van der Waals surface area (Å²) in [6.45, 7) is 6.53. The third-order valence-electron chi connectivity index (χ3n) is 4.97. The van der Waals surface area contributed by atoms with Crippen molar-refractivity contribution in [1.82, 2.24) is 29.8 Å². The average molecular weight is 441 g/mol. The van der Waals surface area contributed by atoms with Crippen molar-refractivity contribution in [2.45, 2.75) is 46.6 Å². The molecule has 0 saturated carbocycles. The molecule has 32 heavy (non-hydrogen) atoms. The molecule has 0 unspecified atom stereocenters. The number of nitrogens with two attached hydrogens (primary N) is 1. The molecule has 2 heterocycles. The molecule has 0 aliphatic heterocycles. The molecule has 3 rings (SSSR count). The number of H-pyrrole nitrogens is 1. The minimum absolute atomic E-state index is 0.00549. The first-order valence-corrected chi connectivity index (χ1v) is 10.6. The highest BCUT2D eigenvalue weighted by Crippen LogP contribution is 2.20. The Morgan fingerprint density at radius 1 is 1.22 bits per heavy atom. The smallest absolute Gasteiger partial charge is 0.330 e. The van der Waals surface area contributed by atoms with Crippen LogP contribution in [-0.2, 0) is 17.8 Å². The molecule has 0 atom stereocenters. The number of hydrogen-bond acceptors (Lipinski definition) is 7. The molecule has 1 amide bonds. The number of rotatable bonds is 9. The highest BCUT2D eigenvalue weighted by atomic mass is 16.2. The van der Waals surface area contributed by atoms with E-state index in [1.165, 1.54) is 20.5 Å². The summed E-state index contributed by atoms with van der Waals surface area (Å²) < 4.78 is 2.83. The number of aromatic nitrogens is 6. The number of anilines is 2. The van der Waals surface area contributed by atoms with Gasteiger partial charge in [-0.3, -0.25) is 19.1 Å². The topological polar surface area (TPSA) is 145 Å². The van der Waals surface area contributed by atoms with Gasteiger partial charge in [-0.15, -0.1) is 5.10 Å². The molecule has 0 radical (unpaired) electrons. The summed E-state index contributed by atoms with van der Waals surface area (Å²) in [5.41, 5.74) is 6.54. The van der Waals surface area contributed by atoms with E-state index in [-0.39, 0.29) is 29.8 Å². The van der Waals surface area contributed by atoms with E-state index in [2.05, 4.69) is 20.5 Å². The van der Waals surface area contributed by atoms with Crippen LogP contribution in [0.1, 0.15) is 39.2 Å². The van der Waals surface area contributed by atoms with E-state index < -0.39 is 11.2 Å². The first kappa shape index (κ1) is 22.9. The van der Waals surface area contributed by atoms with Crippen LogP contribution >= 0.6 is 0 Å². The van der Waals surface area contributed by atoms with Crippen molar-refractivity contribution in [3.8, 4) is 5.69 Å². The zero-order chi connectivity index (χ0) is 23.3. The third kappa shape index (κ3) is 5.10. The molecule has 0 aliphatic rings. The molecule has 0 spiro atoms. The van der Waals surface area contributed by atoms with Crippen LogP contribution in [0.15, 0.2) is 40.2 Å². The lowest BCUT2D eigenvalue weighted by Gasteiger charge is -2.25. The van der Waals surface area contributed by atoms with Crippen LogP contribution in [0.5, 0.6) is 0 Å². The number of aromatic amines is 1. The van der Waals surface area contributed by atoms with Gasteiger partial charge in [-0.25, -0.2) is 9.48 Å². The monoisotopic (exact) mass is 440 g/mol. The van der Waals surface area contributed by atoms with Crippen molar-refractivity contribution < 1.29 is 4.79 Å². The zero-order valence-corrected chi connectivity index (χ0v) is 18.5. The Balaban J connectivity index is 1.92. The lowest BCUT2D eigenvalue weighted by Crippen LogP contribution is -2.42. The summed E-state index contributed by atoms with van der Waals surface area (Å²) in [4.78, 5) is 41.9. The van der Waals surface area contributed by atoms with Crippen molar-refractivity contribution >= 4 is 17.4 Å². The molecule has 0 fully saturated rings. The number of carbonyl (C=O) groups excluding carboxylic acids is 1. The van der Waals surface area contributed by atoms with Gasteiger partial charge in [0.1, 0.15) is 12.1 Å². The van der Waals surface area contributed by atoms with Gasteiger partial charge in [-0.05, 0) is 40.5 Å². The Morgan fingerprint density at radius 2 is 1.94 bits per heavy atom. The Bertz CT molecular complexity index is 1160. The van der Waals surface area contributed by atoms with Gasteiger partial charge in [0.15, 0.2) is 5.69 Å². The quantitative estimate of drug-likeness (QED) is 0.507. The van der Waals surface area contributed by atoms with Crippen molar-refractivity contribution in [3.05, 3.63) is 57.0 Å². The molecule has 3 aromatic rings. The van der Waals surface area contributed by atoms with E-state index >= 15 is 0 Å². The SMILES string of the molecule is CCCCN(C(=O)Cc1ccc(-n2cnnn2)cc1)c1c(N)n(CC(C)C)c(=O)[nH]c1=O. The largest absolute Gasteiger partial charge is 0.383 e. The maximum atomic E-state index is 13.2. The third-order valence-corrected chi connectivity index (χ3v) is 4.97. The number of nitrogens with zero attached hydrogens (tertiary/aromatic N) is 6. The minimum Gasteiger partial charge on any atom is -0.383 e. The summed E-state index contributed by atoms with van der Waals surface area (Å²) >= 11 is 0. The van der Waals surface area contributed by atoms with Gasteiger partial charge in [-0.2, -0.15) is 0 Å². The molecular formula is C21H28N8O3. The lowest BCUT2D eigenvalue weighted by atomic mass is 10.1. The van der Waals surface area contributed by atoms with Gasteiger partial charge < -0.3 is 10.6 Å². The fourth-order valence-corrected chi connectivity index (χ4v) is 3.38. The van der Waals surface area contributed by atoms with Gasteiger partial charge in [0.2, 0.25) is 5.91 Å². The Kier molecular flexibility index (Phi) is 7.18. The predicted molar refractivity (Wildman–Crippen MR) is 121 cm³/mol. The second-order valence-electron chi connectivity index (χ2n) is 7.99. The number of hydrogen-bond donors (Lipinski definition) is 2. The molecule has 0 saturated heterocycles. The van der Waals surface area contributed by atoms with E-state index in [1.807, 2.05) is 20.8 Å². The number of nitrogens with one attached hydrogen (secondary N) is 1. The van der Waals surface area contributed by atoms with E-state index in [0.717, 1.165) is 17.7 Å². The van der Waals surface area contributed by atoms with Gasteiger partial charge >= 0.3 is 5.69 Å². The van der Waals surface area contributed by atoms with Crippen molar-refractivity contribution in [2.24, 2.45) is 5.92 Å². The van der Waals surface area contributed by atoms with E-state index in [1.54, 1.807) is 24.3 Å². The first-order valence-electron chi connectivity index (χ1n) is 10.6. The number of amides is 1. The molecule has 170 valence electrons. The first-order chi connectivity index (χ1) is 15.3. The van der Waals surface area contributed by atoms with E-state index in [4.69, 9.17) is 5.73 Å². The average Bonchev–Trinajstić information content (AvgIpc) is 3.28. The van der Waals surface area contributed by atoms with Crippen LogP contribution in [0.3, 0.4) is 0 Å². The fraction of sp³-hybridized carbons (Fsp3) is 0.429. The van der Waals surface area contributed by atoms with Crippen LogP contribution in [0.25, 0.3) is 5.69 Å². The van der Waals surface area contributed by atoms with Gasteiger partial charge in [0.05, 0.1) is 12.1 Å². The summed E-state index contributed by atoms with van der Waals surface area (Å²) in [6, 6.07) is 7.22. The number of unbranched alkanes of at least 4 members (excludes halogenated alkanes) is 1. The number of benzene rings is 1. The summed E-state index contributed by atoms with van der Waals surface area (Å²) in [5.74, 6) is -0.140. The molecule has 2 aromatic heterocycles. The minimum atomic E-state index is -0.661. The summed E-state index contributed by atoms with van der Waals surface area (Å²) in [6.07, 6.45) is 3.07. The fourth-order valence-electron chi connectivity index (χ4n) is 3.38. The highest BCUT2D eigenvalue weighted by Gasteiger charge is 2.24. The van der Waals surface area contributed by atoms with Crippen molar-refractivity contribution in [1.29, 1.82) is 0 Å². The van der Waals surface area contributed by atoms with E-state index in [9.17, 15) is 14.4 Å². The summed E-state index contributed by atoms with van der Waals surface area (Å²) in [5, 5.41) is 11.0. The van der Waals surface area contributed by atoms with Gasteiger partial charge in [0, 0.05) is 13.1 Å². The number of nitrogen functional groups attached to an aromatic ring is 1. The van der Waals surface area contributed by atoms with Crippen LogP contribution < -0.4 is 21.9 Å². The maximum Gasteiger partial charge on any atom is 0.330 e. The Hall–Kier alpha value is -3.76. The van der Waals surface area contributed by atoms with Gasteiger partial charge in [0.25, 0.3) is 5.56 Å². The van der Waals surface area contributed by atoms with Crippen LogP contribution in [0.4, 0.5) is 11.5 Å². The second kappa shape index (κ2) is 10.0. The normalized spacial score (nSPS) is 11.1. The Morgan fingerprint density at radius 3 is 2.53 bits per heavy atom. The summed E-state index contributed by atoms with van der Waals surface area (Å²) in [7, 11) is 0. The number of carbonyl (C=O) groups is 1. The molecule has 0 aliphatic carbocycles. The molecule has 3 N–H and O–H groups in total. The molecule has 11 nitrogen and oxygen atoms in total. The molecule has 11 heteroatoms. The van der Waals surface area contributed by atoms with Crippen LogP contribution in [0.2, 0.25) is 0 Å². The van der Waals surface area contributed by atoms with Crippen molar-refractivity contribution in [2.75, 3.05) is 17.2 Å². The lowest BCUT2D eigenvalue weighted by molar-refractivity contribution is -0.118. The van der Waals surface area contributed by atoms with Crippen molar-refractivity contribution in [3.63, 3.8) is 0 Å². The molecular weight excluding hydrogens is 412 g/mol. The predicted octanol–water partition coefficient (Wildman–Crippen LogP) is 1.13. The standard InChI is InChI=1S/C21H28N8O3/c1-4-5-10-27(18-19(22)28(12-14(2)3)21(32)24-20(18)31)17(30)11-15-6-8-16(9-7-15)29-13-23-25-26-29/h6-9,13-14H,4-5,10-12,22H2,1-3H3,(H,24,31,32). The molecule has 0 bridgehead atoms. The number of tetrazole rings is 1. The zero-order valence-electron chi connectivity index (χ0n) is 18.5. The van der Waals surface area contributed by atoms with Crippen LogP contribution in [-0.4, -0.2) is 42.2 Å². The van der Waals surface area contributed by atoms with Gasteiger partial charge in [-0.1, -0.05) is 39.3 Å². The Labute approximate surface area is 184 Å². The van der Waals surface area contributed by atoms with Crippen LogP contribution in [0, 0.1) is 5.92 Å². The highest BCUT2D eigenvalue weighted by molar-refractivity contribution is 5.96. The molecule has 1 aromatic carbocycles.